The van der Waals surface area contributed by atoms with Crippen LogP contribution in [0.25, 0.3) is 28.0 Å². The van der Waals surface area contributed by atoms with Crippen LogP contribution in [-0.2, 0) is 6.61 Å². The predicted molar refractivity (Wildman–Crippen MR) is 160 cm³/mol. The molecule has 41 heavy (non-hydrogen) atoms. The van der Waals surface area contributed by atoms with E-state index in [0.717, 1.165) is 33.8 Å². The van der Waals surface area contributed by atoms with E-state index in [-0.39, 0.29) is 18.0 Å². The van der Waals surface area contributed by atoms with Gasteiger partial charge in [0.05, 0.1) is 17.1 Å². The number of benzene rings is 4. The molecule has 6 aromatic rings. The highest BCUT2D eigenvalue weighted by molar-refractivity contribution is 5.83. The maximum atomic E-state index is 13.5. The lowest BCUT2D eigenvalue weighted by Crippen LogP contribution is -2.20. The van der Waals surface area contributed by atoms with Crippen LogP contribution in [0.2, 0.25) is 0 Å². The maximum Gasteiger partial charge on any atom is 0.282 e. The molecule has 0 saturated heterocycles. The van der Waals surface area contributed by atoms with Crippen molar-refractivity contribution in [3.63, 3.8) is 0 Å². The Bertz CT molecular complexity index is 1940. The smallest absolute Gasteiger partial charge is 0.282 e. The molecule has 2 heterocycles. The fourth-order valence-corrected chi connectivity index (χ4v) is 4.93. The summed E-state index contributed by atoms with van der Waals surface area (Å²) < 4.78 is 22.8. The standard InChI is InChI=1S/C34H27FN4O2/c1-23-19-27(24(2)38(23)29-15-17-30(18-16-29)41-22-25-9-8-12-28(35)20-25)21-36-39-33(26-10-4-3-5-11-26)37-32-14-7-6-13-31(32)34(39)40/h3-21H,22H2,1-2H3. The van der Waals surface area contributed by atoms with Crippen LogP contribution < -0.4 is 10.3 Å². The number of rotatable bonds is 7. The number of hydrogen-bond acceptors (Lipinski definition) is 4. The topological polar surface area (TPSA) is 61.4 Å². The lowest BCUT2D eigenvalue weighted by atomic mass is 10.2. The van der Waals surface area contributed by atoms with Gasteiger partial charge in [0.1, 0.15) is 18.2 Å². The average Bonchev–Trinajstić information content (AvgIpc) is 3.28. The third kappa shape index (κ3) is 5.30. The van der Waals surface area contributed by atoms with Crippen molar-refractivity contribution in [3.8, 4) is 22.8 Å². The molecule has 0 aliphatic heterocycles. The van der Waals surface area contributed by atoms with Gasteiger partial charge >= 0.3 is 0 Å². The Morgan fingerprint density at radius 3 is 2.41 bits per heavy atom. The number of para-hydroxylation sites is 1. The summed E-state index contributed by atoms with van der Waals surface area (Å²) in [6.45, 7) is 4.33. The molecule has 0 aliphatic carbocycles. The zero-order chi connectivity index (χ0) is 28.3. The van der Waals surface area contributed by atoms with Crippen molar-refractivity contribution in [1.29, 1.82) is 0 Å². The Labute approximate surface area is 236 Å². The Hall–Kier alpha value is -5.30. The normalized spacial score (nSPS) is 11.4. The van der Waals surface area contributed by atoms with Crippen molar-refractivity contribution in [2.75, 3.05) is 0 Å². The molecule has 6 rings (SSSR count). The van der Waals surface area contributed by atoms with E-state index in [1.165, 1.54) is 16.8 Å². The van der Waals surface area contributed by atoms with Crippen LogP contribution in [-0.4, -0.2) is 20.4 Å². The summed E-state index contributed by atoms with van der Waals surface area (Å²) in [7, 11) is 0. The predicted octanol–water partition coefficient (Wildman–Crippen LogP) is 7.07. The largest absolute Gasteiger partial charge is 0.489 e. The second-order valence-electron chi connectivity index (χ2n) is 9.75. The van der Waals surface area contributed by atoms with Gasteiger partial charge in [0.2, 0.25) is 0 Å². The highest BCUT2D eigenvalue weighted by Gasteiger charge is 2.14. The summed E-state index contributed by atoms with van der Waals surface area (Å²) >= 11 is 0. The monoisotopic (exact) mass is 542 g/mol. The average molecular weight is 543 g/mol. The zero-order valence-electron chi connectivity index (χ0n) is 22.7. The molecular weight excluding hydrogens is 515 g/mol. The first-order valence-corrected chi connectivity index (χ1v) is 13.3. The fraction of sp³-hybridized carbons (Fsp3) is 0.0882. The van der Waals surface area contributed by atoms with E-state index in [1.807, 2.05) is 98.8 Å². The summed E-state index contributed by atoms with van der Waals surface area (Å²) in [5.41, 5.74) is 5.81. The van der Waals surface area contributed by atoms with E-state index in [0.29, 0.717) is 22.5 Å². The van der Waals surface area contributed by atoms with Crippen molar-refractivity contribution >= 4 is 17.1 Å². The van der Waals surface area contributed by atoms with Crippen LogP contribution in [0.3, 0.4) is 0 Å². The Kier molecular flexibility index (Phi) is 7.00. The maximum absolute atomic E-state index is 13.5. The lowest BCUT2D eigenvalue weighted by Gasteiger charge is -2.12. The summed E-state index contributed by atoms with van der Waals surface area (Å²) in [4.78, 5) is 18.3. The minimum Gasteiger partial charge on any atom is -0.489 e. The molecule has 202 valence electrons. The molecule has 0 saturated carbocycles. The van der Waals surface area contributed by atoms with Crippen LogP contribution in [0.4, 0.5) is 4.39 Å². The molecule has 4 aromatic carbocycles. The third-order valence-electron chi connectivity index (χ3n) is 6.96. The quantitative estimate of drug-likeness (QED) is 0.203. The summed E-state index contributed by atoms with van der Waals surface area (Å²) in [6.07, 6.45) is 1.71. The summed E-state index contributed by atoms with van der Waals surface area (Å²) in [6, 6.07) is 33.1. The highest BCUT2D eigenvalue weighted by atomic mass is 19.1. The fourth-order valence-electron chi connectivity index (χ4n) is 4.93. The first-order chi connectivity index (χ1) is 20.0. The van der Waals surface area contributed by atoms with Gasteiger partial charge in [-0.15, -0.1) is 0 Å². The zero-order valence-corrected chi connectivity index (χ0v) is 22.7. The van der Waals surface area contributed by atoms with Crippen molar-refractivity contribution in [1.82, 2.24) is 14.2 Å². The number of aromatic nitrogens is 3. The van der Waals surface area contributed by atoms with Gasteiger partial charge in [0.15, 0.2) is 5.82 Å². The van der Waals surface area contributed by atoms with Gasteiger partial charge in [0.25, 0.3) is 5.56 Å². The molecule has 0 radical (unpaired) electrons. The van der Waals surface area contributed by atoms with Gasteiger partial charge < -0.3 is 9.30 Å². The summed E-state index contributed by atoms with van der Waals surface area (Å²) in [5, 5.41) is 5.15. The van der Waals surface area contributed by atoms with Crippen LogP contribution in [0, 0.1) is 19.7 Å². The van der Waals surface area contributed by atoms with Gasteiger partial charge in [-0.2, -0.15) is 9.78 Å². The van der Waals surface area contributed by atoms with Crippen LogP contribution in [0.15, 0.2) is 119 Å². The number of aryl methyl sites for hydroxylation is 1. The number of ether oxygens (including phenoxy) is 1. The SMILES string of the molecule is Cc1cc(C=Nn2c(-c3ccccc3)nc3ccccc3c2=O)c(C)n1-c1ccc(OCc2cccc(F)c2)cc1. The molecular formula is C34H27FN4O2. The molecule has 0 spiro atoms. The van der Waals surface area contributed by atoms with Gasteiger partial charge in [-0.25, -0.2) is 9.37 Å². The number of nitrogens with zero attached hydrogens (tertiary/aromatic N) is 4. The van der Waals surface area contributed by atoms with Crippen molar-refractivity contribution in [2.24, 2.45) is 5.10 Å². The minimum absolute atomic E-state index is 0.228. The Morgan fingerprint density at radius 2 is 1.63 bits per heavy atom. The van der Waals surface area contributed by atoms with E-state index in [2.05, 4.69) is 9.67 Å². The van der Waals surface area contributed by atoms with Crippen molar-refractivity contribution in [3.05, 3.63) is 148 Å². The summed E-state index contributed by atoms with van der Waals surface area (Å²) in [5.74, 6) is 0.893. The number of halogens is 1. The molecule has 0 unspecified atom stereocenters. The van der Waals surface area contributed by atoms with Crippen molar-refractivity contribution < 1.29 is 9.13 Å². The molecule has 2 aromatic heterocycles. The van der Waals surface area contributed by atoms with Gasteiger partial charge in [-0.1, -0.05) is 54.6 Å². The molecule has 0 atom stereocenters. The van der Waals surface area contributed by atoms with E-state index in [1.54, 1.807) is 18.3 Å². The first kappa shape index (κ1) is 26.0. The van der Waals surface area contributed by atoms with Crippen LogP contribution >= 0.6 is 0 Å². The van der Waals surface area contributed by atoms with Gasteiger partial charge in [0, 0.05) is 28.2 Å². The van der Waals surface area contributed by atoms with E-state index < -0.39 is 0 Å². The first-order valence-electron chi connectivity index (χ1n) is 13.3. The van der Waals surface area contributed by atoms with Crippen molar-refractivity contribution in [2.45, 2.75) is 20.5 Å². The Morgan fingerprint density at radius 1 is 0.878 bits per heavy atom. The molecule has 7 heteroatoms. The van der Waals surface area contributed by atoms with Crippen LogP contribution in [0.5, 0.6) is 5.75 Å². The molecule has 0 aliphatic rings. The van der Waals surface area contributed by atoms with E-state index >= 15 is 0 Å². The van der Waals surface area contributed by atoms with Gasteiger partial charge in [-0.3, -0.25) is 4.79 Å². The molecule has 6 nitrogen and oxygen atoms in total. The second-order valence-corrected chi connectivity index (χ2v) is 9.75. The highest BCUT2D eigenvalue weighted by Crippen LogP contribution is 2.24. The van der Waals surface area contributed by atoms with Crippen LogP contribution in [0.1, 0.15) is 22.5 Å². The molecule has 0 bridgehead atoms. The minimum atomic E-state index is -0.280. The number of fused-ring (bicyclic) bond motifs is 1. The van der Waals surface area contributed by atoms with E-state index in [4.69, 9.17) is 9.72 Å². The third-order valence-corrected chi connectivity index (χ3v) is 6.96. The van der Waals surface area contributed by atoms with Gasteiger partial charge in [-0.05, 0) is 74.0 Å². The molecule has 0 fully saturated rings. The second kappa shape index (κ2) is 11.1. The lowest BCUT2D eigenvalue weighted by molar-refractivity contribution is 0.305. The number of hydrogen-bond donors (Lipinski definition) is 0. The molecule has 0 amide bonds. The molecule has 0 N–H and O–H groups in total. The Balaban J connectivity index is 1.30. The van der Waals surface area contributed by atoms with E-state index in [9.17, 15) is 9.18 Å².